The van der Waals surface area contributed by atoms with Gasteiger partial charge in [-0.1, -0.05) is 0 Å². The molecule has 1 heterocycles. The predicted molar refractivity (Wildman–Crippen MR) is 18.7 cm³/mol. The maximum absolute atomic E-state index is 4.85. The fourth-order valence-corrected chi connectivity index (χ4v) is 0.822. The topological polar surface area (TPSA) is 18.5 Å². The first-order chi connectivity index (χ1) is 2.39. The molecule has 1 rings (SSSR count). The maximum atomic E-state index is 4.85. The molecule has 0 saturated carbocycles. The molecule has 0 aromatic carbocycles. The summed E-state index contributed by atoms with van der Waals surface area (Å²) in [6.07, 6.45) is 0. The SMILES string of the molecule is C[As]1OCO1. The van der Waals surface area contributed by atoms with Crippen LogP contribution in [0.5, 0.6) is 0 Å². The minimum absolute atomic E-state index is 0.552. The normalized spacial score (nSPS) is 25.8. The van der Waals surface area contributed by atoms with Gasteiger partial charge in [0.15, 0.2) is 0 Å². The standard InChI is InChI=1S/C2H5AsO2/c1-3-4-2-5-3/h2H2,1H3. The van der Waals surface area contributed by atoms with E-state index in [-0.39, 0.29) is 0 Å². The van der Waals surface area contributed by atoms with Crippen molar-refractivity contribution in [2.75, 3.05) is 6.79 Å². The van der Waals surface area contributed by atoms with Crippen molar-refractivity contribution in [1.82, 2.24) is 0 Å². The molecule has 0 aromatic rings. The molecule has 0 N–H and O–H groups in total. The third-order valence-corrected chi connectivity index (χ3v) is 2.44. The fraction of sp³-hybridized carbons (Fsp3) is 1.00. The Morgan fingerprint density at radius 3 is 2.00 bits per heavy atom. The molecule has 0 bridgehead atoms. The average molecular weight is 136 g/mol. The third-order valence-electron chi connectivity index (χ3n) is 0.469. The van der Waals surface area contributed by atoms with Gasteiger partial charge in [-0.2, -0.15) is 0 Å². The predicted octanol–water partition coefficient (Wildman–Crippen LogP) is 0.109. The van der Waals surface area contributed by atoms with Crippen LogP contribution in [-0.2, 0) is 7.45 Å². The van der Waals surface area contributed by atoms with Gasteiger partial charge in [-0.25, -0.2) is 0 Å². The van der Waals surface area contributed by atoms with Crippen LogP contribution in [0.2, 0.25) is 5.71 Å². The Morgan fingerprint density at radius 2 is 2.00 bits per heavy atom. The van der Waals surface area contributed by atoms with Crippen molar-refractivity contribution in [3.05, 3.63) is 0 Å². The van der Waals surface area contributed by atoms with Gasteiger partial charge in [0.1, 0.15) is 0 Å². The fourth-order valence-electron chi connectivity index (χ4n) is 0.158. The van der Waals surface area contributed by atoms with Gasteiger partial charge in [-0.15, -0.1) is 0 Å². The molecule has 0 amide bonds. The second kappa shape index (κ2) is 1.29. The molecule has 0 radical (unpaired) electrons. The van der Waals surface area contributed by atoms with Crippen LogP contribution in [0.4, 0.5) is 0 Å². The molecule has 1 aliphatic rings. The van der Waals surface area contributed by atoms with Crippen LogP contribution in [0, 0.1) is 0 Å². The van der Waals surface area contributed by atoms with Crippen molar-refractivity contribution in [2.24, 2.45) is 0 Å². The van der Waals surface area contributed by atoms with Crippen molar-refractivity contribution >= 4 is 15.3 Å². The van der Waals surface area contributed by atoms with Crippen LogP contribution >= 0.6 is 0 Å². The van der Waals surface area contributed by atoms with Crippen LogP contribution in [0.25, 0.3) is 0 Å². The van der Waals surface area contributed by atoms with E-state index in [4.69, 9.17) is 7.45 Å². The second-order valence-corrected chi connectivity index (χ2v) is 3.74. The zero-order valence-electron chi connectivity index (χ0n) is 2.97. The Morgan fingerprint density at radius 1 is 1.60 bits per heavy atom. The van der Waals surface area contributed by atoms with E-state index >= 15 is 0 Å². The minimum atomic E-state index is -1.02. The van der Waals surface area contributed by atoms with Gasteiger partial charge in [0.05, 0.1) is 0 Å². The molecule has 0 aromatic heterocycles. The molecule has 0 unspecified atom stereocenters. The number of hydrogen-bond donors (Lipinski definition) is 0. The molecule has 1 aliphatic heterocycles. The zero-order valence-corrected chi connectivity index (χ0v) is 4.85. The van der Waals surface area contributed by atoms with Gasteiger partial charge in [-0.3, -0.25) is 0 Å². The summed E-state index contributed by atoms with van der Waals surface area (Å²) in [4.78, 5) is 0. The molecule has 3 heteroatoms. The molecule has 2 nitrogen and oxygen atoms in total. The summed E-state index contributed by atoms with van der Waals surface area (Å²) in [6.45, 7) is 0.552. The van der Waals surface area contributed by atoms with E-state index in [0.29, 0.717) is 6.79 Å². The molecular weight excluding hydrogens is 131 g/mol. The van der Waals surface area contributed by atoms with Gasteiger partial charge < -0.3 is 0 Å². The summed E-state index contributed by atoms with van der Waals surface area (Å²) < 4.78 is 9.71. The monoisotopic (exact) mass is 136 g/mol. The summed E-state index contributed by atoms with van der Waals surface area (Å²) >= 11 is -1.02. The van der Waals surface area contributed by atoms with Crippen LogP contribution in [0.1, 0.15) is 0 Å². The van der Waals surface area contributed by atoms with E-state index < -0.39 is 15.3 Å². The van der Waals surface area contributed by atoms with Crippen molar-refractivity contribution < 1.29 is 7.45 Å². The Bertz CT molecular complexity index is 34.6. The number of hydrogen-bond acceptors (Lipinski definition) is 2. The van der Waals surface area contributed by atoms with Crippen molar-refractivity contribution in [3.63, 3.8) is 0 Å². The van der Waals surface area contributed by atoms with Crippen LogP contribution < -0.4 is 0 Å². The van der Waals surface area contributed by atoms with E-state index in [1.165, 1.54) is 0 Å². The van der Waals surface area contributed by atoms with E-state index in [0.717, 1.165) is 0 Å². The van der Waals surface area contributed by atoms with Crippen LogP contribution in [-0.4, -0.2) is 22.1 Å². The van der Waals surface area contributed by atoms with Crippen LogP contribution in [0.15, 0.2) is 0 Å². The summed E-state index contributed by atoms with van der Waals surface area (Å²) in [5, 5.41) is 0. The Balaban J connectivity index is 2.08. The van der Waals surface area contributed by atoms with Crippen LogP contribution in [0.3, 0.4) is 0 Å². The van der Waals surface area contributed by atoms with Crippen molar-refractivity contribution in [2.45, 2.75) is 5.71 Å². The zero-order chi connectivity index (χ0) is 3.70. The van der Waals surface area contributed by atoms with Gasteiger partial charge in [-0.05, 0) is 0 Å². The van der Waals surface area contributed by atoms with Gasteiger partial charge in [0.2, 0.25) is 0 Å². The third kappa shape index (κ3) is 0.655. The Labute approximate surface area is 36.0 Å². The quantitative estimate of drug-likeness (QED) is 0.440. The first kappa shape index (κ1) is 3.66. The van der Waals surface area contributed by atoms with E-state index in [1.807, 2.05) is 5.71 Å². The van der Waals surface area contributed by atoms with Crippen molar-refractivity contribution in [1.29, 1.82) is 0 Å². The summed E-state index contributed by atoms with van der Waals surface area (Å²) in [5.41, 5.74) is 2.01. The Kier molecular flexibility index (Phi) is 0.945. The first-order valence-corrected chi connectivity index (χ1v) is 4.80. The summed E-state index contributed by atoms with van der Waals surface area (Å²) in [7, 11) is 0. The molecule has 0 spiro atoms. The molecule has 0 atom stereocenters. The molecule has 1 saturated heterocycles. The van der Waals surface area contributed by atoms with E-state index in [1.54, 1.807) is 0 Å². The average Bonchev–Trinajstić information content (AvgIpc) is 1.30. The number of rotatable bonds is 0. The van der Waals surface area contributed by atoms with E-state index in [9.17, 15) is 0 Å². The molecule has 1 fully saturated rings. The van der Waals surface area contributed by atoms with Gasteiger partial charge in [0.25, 0.3) is 0 Å². The molecule has 5 heavy (non-hydrogen) atoms. The van der Waals surface area contributed by atoms with E-state index in [2.05, 4.69) is 0 Å². The molecular formula is C2H5AsO2. The molecule has 30 valence electrons. The first-order valence-electron chi connectivity index (χ1n) is 1.39. The molecule has 0 aliphatic carbocycles. The summed E-state index contributed by atoms with van der Waals surface area (Å²) in [5.74, 6) is 0. The second-order valence-electron chi connectivity index (χ2n) is 0.816. The van der Waals surface area contributed by atoms with Gasteiger partial charge >= 0.3 is 35.3 Å². The summed E-state index contributed by atoms with van der Waals surface area (Å²) in [6, 6.07) is 0. The van der Waals surface area contributed by atoms with Gasteiger partial charge in [0, 0.05) is 0 Å². The Hall–Kier alpha value is 0.478. The van der Waals surface area contributed by atoms with Crippen molar-refractivity contribution in [3.8, 4) is 0 Å².